The highest BCUT2D eigenvalue weighted by Gasteiger charge is 2.25. The van der Waals surface area contributed by atoms with Crippen molar-refractivity contribution < 1.29 is 14.9 Å². The summed E-state index contributed by atoms with van der Waals surface area (Å²) in [6.45, 7) is 15.3. The molecule has 0 saturated heterocycles. The summed E-state index contributed by atoms with van der Waals surface area (Å²) in [5, 5.41) is 39.2. The van der Waals surface area contributed by atoms with E-state index in [0.717, 1.165) is 5.56 Å². The fourth-order valence-electron chi connectivity index (χ4n) is 2.75. The second-order valence-corrected chi connectivity index (χ2v) is 7.48. The molecule has 2 heterocycles. The van der Waals surface area contributed by atoms with Crippen LogP contribution in [0.5, 0.6) is 11.8 Å². The van der Waals surface area contributed by atoms with Gasteiger partial charge in [0, 0.05) is 0 Å². The van der Waals surface area contributed by atoms with Gasteiger partial charge < -0.3 is 14.9 Å². The summed E-state index contributed by atoms with van der Waals surface area (Å²) >= 11 is 0. The number of nitrogens with one attached hydrogen (secondary N) is 1. The van der Waals surface area contributed by atoms with Gasteiger partial charge in [-0.3, -0.25) is 5.10 Å². The van der Waals surface area contributed by atoms with Crippen molar-refractivity contribution in [1.29, 1.82) is 0 Å². The van der Waals surface area contributed by atoms with Crippen molar-refractivity contribution in [3.8, 4) is 17.4 Å². The summed E-state index contributed by atoms with van der Waals surface area (Å²) in [6, 6.07) is 6.85. The molecule has 0 aliphatic rings. The van der Waals surface area contributed by atoms with Crippen molar-refractivity contribution in [2.24, 2.45) is 10.2 Å². The first-order valence-electron chi connectivity index (χ1n) is 9.33. The van der Waals surface area contributed by atoms with E-state index in [1.54, 1.807) is 31.2 Å². The van der Waals surface area contributed by atoms with E-state index in [4.69, 9.17) is 11.3 Å². The molecule has 0 aliphatic heterocycles. The van der Waals surface area contributed by atoms with E-state index in [-0.39, 0.29) is 41.0 Å². The van der Waals surface area contributed by atoms with E-state index in [1.807, 2.05) is 20.8 Å². The number of aromatic hydroxyl groups is 1. The first kappa shape index (κ1) is 21.0. The fourth-order valence-corrected chi connectivity index (χ4v) is 2.75. The van der Waals surface area contributed by atoms with E-state index >= 15 is 0 Å². The lowest BCUT2D eigenvalue weighted by atomic mass is 9.91. The Kier molecular flexibility index (Phi) is 5.84. The number of ether oxygens (including phenoxy) is 1. The summed E-state index contributed by atoms with van der Waals surface area (Å²) in [5.74, 6) is 0.0283. The lowest BCUT2D eigenvalue weighted by Gasteiger charge is -2.15. The molecule has 0 atom stereocenters. The lowest BCUT2D eigenvalue weighted by Crippen LogP contribution is -2.11. The quantitative estimate of drug-likeness (QED) is 0.409. The maximum Gasteiger partial charge on any atom is 0.265 e. The predicted molar refractivity (Wildman–Crippen MR) is 110 cm³/mol. The number of aromatic nitrogens is 4. The smallest absolute Gasteiger partial charge is 0.265 e. The van der Waals surface area contributed by atoms with Crippen LogP contribution in [0.25, 0.3) is 10.5 Å². The van der Waals surface area contributed by atoms with Crippen molar-refractivity contribution >= 4 is 17.2 Å². The summed E-state index contributed by atoms with van der Waals surface area (Å²) in [4.78, 5) is 3.53. The molecule has 10 heteroatoms. The van der Waals surface area contributed by atoms with Gasteiger partial charge in [0.2, 0.25) is 11.6 Å². The zero-order chi connectivity index (χ0) is 21.9. The maximum absolute atomic E-state index is 10.7. The molecule has 3 aromatic rings. The summed E-state index contributed by atoms with van der Waals surface area (Å²) in [5.41, 5.74) is 1.84. The fraction of sp³-hybridized carbons (Fsp3) is 0.350. The SMILES string of the molecule is [C-]#[N+]c1c(C(C)(C)C)n[nH]c1/N=N/c1c(OCC)nn(-c2ccc(CO)cc2)c1O. The Balaban J connectivity index is 2.03. The number of rotatable bonds is 6. The molecule has 0 saturated carbocycles. The number of azo groups is 1. The van der Waals surface area contributed by atoms with E-state index < -0.39 is 0 Å². The number of nitrogens with zero attached hydrogens (tertiary/aromatic N) is 6. The molecule has 1 aromatic carbocycles. The highest BCUT2D eigenvalue weighted by molar-refractivity contribution is 5.67. The van der Waals surface area contributed by atoms with Gasteiger partial charge in [0.1, 0.15) is 0 Å². The molecule has 3 rings (SSSR count). The first-order chi connectivity index (χ1) is 14.3. The number of hydrogen-bond acceptors (Lipinski definition) is 7. The molecule has 2 aromatic heterocycles. The highest BCUT2D eigenvalue weighted by atomic mass is 16.5. The number of H-pyrrole nitrogens is 1. The van der Waals surface area contributed by atoms with Crippen LogP contribution in [-0.4, -0.2) is 36.8 Å². The number of hydrogen-bond donors (Lipinski definition) is 3. The number of benzene rings is 1. The van der Waals surface area contributed by atoms with E-state index in [1.165, 1.54) is 4.68 Å². The number of aliphatic hydroxyl groups excluding tert-OH is 1. The van der Waals surface area contributed by atoms with Gasteiger partial charge >= 0.3 is 0 Å². The third-order valence-corrected chi connectivity index (χ3v) is 4.24. The zero-order valence-electron chi connectivity index (χ0n) is 17.2. The van der Waals surface area contributed by atoms with Gasteiger partial charge in [-0.15, -0.1) is 15.3 Å². The van der Waals surface area contributed by atoms with Crippen LogP contribution in [0.4, 0.5) is 17.2 Å². The molecule has 0 spiro atoms. The monoisotopic (exact) mass is 409 g/mol. The van der Waals surface area contributed by atoms with Crippen LogP contribution >= 0.6 is 0 Å². The number of aliphatic hydroxyl groups is 1. The minimum atomic E-state index is -0.339. The molecule has 0 aliphatic carbocycles. The van der Waals surface area contributed by atoms with Crippen LogP contribution < -0.4 is 4.74 Å². The van der Waals surface area contributed by atoms with E-state index in [2.05, 4.69) is 30.4 Å². The van der Waals surface area contributed by atoms with Crippen LogP contribution in [0.15, 0.2) is 34.5 Å². The van der Waals surface area contributed by atoms with Gasteiger partial charge in [0.05, 0.1) is 31.2 Å². The Morgan fingerprint density at radius 3 is 2.50 bits per heavy atom. The lowest BCUT2D eigenvalue weighted by molar-refractivity contribution is 0.282. The van der Waals surface area contributed by atoms with Crippen LogP contribution in [0.1, 0.15) is 39.0 Å². The van der Waals surface area contributed by atoms with E-state index in [0.29, 0.717) is 18.0 Å². The molecule has 10 nitrogen and oxygen atoms in total. The first-order valence-corrected chi connectivity index (χ1v) is 9.33. The average molecular weight is 409 g/mol. The third-order valence-electron chi connectivity index (χ3n) is 4.24. The molecule has 0 amide bonds. The van der Waals surface area contributed by atoms with Crippen molar-refractivity contribution in [3.05, 3.63) is 46.9 Å². The normalized spacial score (nSPS) is 11.7. The molecule has 3 N–H and O–H groups in total. The van der Waals surface area contributed by atoms with Crippen molar-refractivity contribution in [2.75, 3.05) is 6.61 Å². The topological polar surface area (TPSA) is 125 Å². The second-order valence-electron chi connectivity index (χ2n) is 7.48. The van der Waals surface area contributed by atoms with E-state index in [9.17, 15) is 10.2 Å². The summed E-state index contributed by atoms with van der Waals surface area (Å²) in [6.07, 6.45) is 0. The van der Waals surface area contributed by atoms with Crippen LogP contribution in [0.2, 0.25) is 0 Å². The van der Waals surface area contributed by atoms with Crippen molar-refractivity contribution in [1.82, 2.24) is 20.0 Å². The molecular weight excluding hydrogens is 386 g/mol. The Morgan fingerprint density at radius 2 is 1.93 bits per heavy atom. The summed E-state index contributed by atoms with van der Waals surface area (Å²) in [7, 11) is 0. The zero-order valence-corrected chi connectivity index (χ0v) is 17.2. The highest BCUT2D eigenvalue weighted by Crippen LogP contribution is 2.41. The molecule has 0 unspecified atom stereocenters. The third kappa shape index (κ3) is 4.01. The standard InChI is InChI=1S/C20H23N7O3/c1-6-30-18-15(19(29)27(26-18)13-9-7-12(11-28)8-10-13)22-24-17-14(21-5)16(23-25-17)20(2,3)4/h7-10,28-29H,6,11H2,1-4H3,(H,23,25)/b24-22+. The molecule has 30 heavy (non-hydrogen) atoms. The minimum Gasteiger partial charge on any atom is -0.492 e. The van der Waals surface area contributed by atoms with Crippen molar-refractivity contribution in [3.63, 3.8) is 0 Å². The average Bonchev–Trinajstić information content (AvgIpc) is 3.27. The van der Waals surface area contributed by atoms with Crippen LogP contribution in [0.3, 0.4) is 0 Å². The largest absolute Gasteiger partial charge is 0.492 e. The molecule has 0 fully saturated rings. The van der Waals surface area contributed by atoms with Gasteiger partial charge in [0.15, 0.2) is 5.82 Å². The molecular formula is C20H23N7O3. The van der Waals surface area contributed by atoms with Crippen LogP contribution in [0, 0.1) is 6.57 Å². The Bertz CT molecular complexity index is 1100. The maximum atomic E-state index is 10.7. The van der Waals surface area contributed by atoms with Gasteiger partial charge in [-0.25, -0.2) is 4.85 Å². The Labute approximate surface area is 173 Å². The van der Waals surface area contributed by atoms with Gasteiger partial charge in [-0.2, -0.15) is 9.78 Å². The second kappa shape index (κ2) is 8.34. The molecule has 156 valence electrons. The minimum absolute atomic E-state index is 0.0333. The number of aromatic amines is 1. The Morgan fingerprint density at radius 1 is 1.23 bits per heavy atom. The van der Waals surface area contributed by atoms with Gasteiger partial charge in [0.25, 0.3) is 11.6 Å². The predicted octanol–water partition coefficient (Wildman–Crippen LogP) is 4.46. The van der Waals surface area contributed by atoms with Gasteiger partial charge in [-0.1, -0.05) is 32.9 Å². The molecule has 0 radical (unpaired) electrons. The Hall–Kier alpha value is -3.71. The van der Waals surface area contributed by atoms with Crippen LogP contribution in [-0.2, 0) is 12.0 Å². The van der Waals surface area contributed by atoms with Crippen molar-refractivity contribution in [2.45, 2.75) is 39.7 Å². The summed E-state index contributed by atoms with van der Waals surface area (Å²) < 4.78 is 6.77. The molecule has 0 bridgehead atoms. The van der Waals surface area contributed by atoms with Gasteiger partial charge in [-0.05, 0) is 30.0 Å².